The number of aromatic nitrogens is 6. The Morgan fingerprint density at radius 1 is 1.21 bits per heavy atom. The van der Waals surface area contributed by atoms with Crippen LogP contribution < -0.4 is 10.6 Å². The van der Waals surface area contributed by atoms with Gasteiger partial charge in [-0.1, -0.05) is 24.8 Å². The van der Waals surface area contributed by atoms with Crippen LogP contribution in [-0.2, 0) is 11.2 Å². The van der Waals surface area contributed by atoms with Crippen LogP contribution in [0.5, 0.6) is 0 Å². The molecule has 1 unspecified atom stereocenters. The molecule has 1 aliphatic heterocycles. The van der Waals surface area contributed by atoms with Gasteiger partial charge in [-0.3, -0.25) is 4.79 Å². The summed E-state index contributed by atoms with van der Waals surface area (Å²) in [6, 6.07) is 11.7. The Labute approximate surface area is 188 Å². The van der Waals surface area contributed by atoms with Gasteiger partial charge < -0.3 is 15.6 Å². The third-order valence-corrected chi connectivity index (χ3v) is 6.11. The number of nitrogens with zero attached hydrogens (tertiary/aromatic N) is 6. The van der Waals surface area contributed by atoms with E-state index < -0.39 is 0 Å². The van der Waals surface area contributed by atoms with Gasteiger partial charge in [-0.05, 0) is 36.3 Å². The first-order valence-corrected chi connectivity index (χ1v) is 10.6. The van der Waals surface area contributed by atoms with Crippen LogP contribution in [0.3, 0.4) is 0 Å². The molecule has 3 N–H and O–H groups in total. The maximum atomic E-state index is 12.7. The molecule has 9 heteroatoms. The number of hydrogen-bond acceptors (Lipinski definition) is 6. The van der Waals surface area contributed by atoms with Crippen LogP contribution in [0.25, 0.3) is 33.3 Å². The second-order valence-electron chi connectivity index (χ2n) is 8.03. The SMILES string of the molecule is C=CC(=O)N1CC(n2nc(-c3cnc4[nH]ccc4c3)c3c(N)ncnc32)Cc2ccccc21. The smallest absolute Gasteiger partial charge is 0.250 e. The van der Waals surface area contributed by atoms with Gasteiger partial charge in [-0.15, -0.1) is 0 Å². The number of H-pyrrole nitrogens is 1. The zero-order valence-corrected chi connectivity index (χ0v) is 17.6. The van der Waals surface area contributed by atoms with Gasteiger partial charge in [0.05, 0.1) is 11.4 Å². The topological polar surface area (TPSA) is 119 Å². The van der Waals surface area contributed by atoms with Crippen molar-refractivity contribution in [2.45, 2.75) is 12.5 Å². The molecular formula is C24H20N8O. The fourth-order valence-electron chi connectivity index (χ4n) is 4.58. The Morgan fingerprint density at radius 3 is 2.97 bits per heavy atom. The molecule has 1 amide bonds. The van der Waals surface area contributed by atoms with E-state index in [9.17, 15) is 4.79 Å². The molecule has 9 nitrogen and oxygen atoms in total. The highest BCUT2D eigenvalue weighted by Crippen LogP contribution is 2.36. The van der Waals surface area contributed by atoms with Crippen LogP contribution in [0.15, 0.2) is 67.8 Å². The highest BCUT2D eigenvalue weighted by Gasteiger charge is 2.31. The number of amides is 1. The molecule has 1 aromatic carbocycles. The monoisotopic (exact) mass is 436 g/mol. The summed E-state index contributed by atoms with van der Waals surface area (Å²) in [6.45, 7) is 4.11. The standard InChI is InChI=1S/C24H20N8O/c1-2-19(33)31-12-17(10-14-5-3-4-6-18(14)31)32-24-20(22(25)28-13-29-24)21(30-32)16-9-15-7-8-26-23(15)27-11-16/h2-9,11,13,17H,1,10,12H2,(H,26,27)(H2,25,28,29). The Hall–Kier alpha value is -4.53. The van der Waals surface area contributed by atoms with E-state index in [0.717, 1.165) is 27.8 Å². The van der Waals surface area contributed by atoms with E-state index >= 15 is 0 Å². The van der Waals surface area contributed by atoms with Crippen LogP contribution in [0.1, 0.15) is 11.6 Å². The molecule has 0 saturated heterocycles. The molecule has 0 aliphatic carbocycles. The van der Waals surface area contributed by atoms with E-state index in [2.05, 4.69) is 26.5 Å². The number of carbonyl (C=O) groups is 1. The molecule has 5 heterocycles. The lowest BCUT2D eigenvalue weighted by atomic mass is 9.97. The van der Waals surface area contributed by atoms with Gasteiger partial charge in [0.25, 0.3) is 0 Å². The summed E-state index contributed by atoms with van der Waals surface area (Å²) in [6.07, 6.45) is 7.09. The molecular weight excluding hydrogens is 416 g/mol. The van der Waals surface area contributed by atoms with E-state index in [1.807, 2.05) is 47.3 Å². The second kappa shape index (κ2) is 7.27. The van der Waals surface area contributed by atoms with Crippen LogP contribution in [0, 0.1) is 0 Å². The van der Waals surface area contributed by atoms with Crippen molar-refractivity contribution in [1.29, 1.82) is 0 Å². The molecule has 5 aromatic rings. The highest BCUT2D eigenvalue weighted by atomic mass is 16.2. The van der Waals surface area contributed by atoms with Gasteiger partial charge in [0.15, 0.2) is 5.65 Å². The van der Waals surface area contributed by atoms with Crippen molar-refractivity contribution in [2.24, 2.45) is 0 Å². The molecule has 1 atom stereocenters. The maximum absolute atomic E-state index is 12.7. The van der Waals surface area contributed by atoms with E-state index in [1.165, 1.54) is 12.4 Å². The summed E-state index contributed by atoms with van der Waals surface area (Å²) in [5, 5.41) is 6.60. The number of para-hydroxylation sites is 1. The normalized spacial score (nSPS) is 15.6. The second-order valence-corrected chi connectivity index (χ2v) is 8.03. The van der Waals surface area contributed by atoms with Gasteiger partial charge in [0, 0.05) is 35.6 Å². The highest BCUT2D eigenvalue weighted by molar-refractivity contribution is 6.02. The van der Waals surface area contributed by atoms with Crippen molar-refractivity contribution in [3.63, 3.8) is 0 Å². The number of fused-ring (bicyclic) bond motifs is 3. The molecule has 0 radical (unpaired) electrons. The number of anilines is 2. The predicted octanol–water partition coefficient (Wildman–Crippen LogP) is 3.27. The number of hydrogen-bond donors (Lipinski definition) is 2. The average molecular weight is 436 g/mol. The molecule has 1 aliphatic rings. The largest absolute Gasteiger partial charge is 0.383 e. The van der Waals surface area contributed by atoms with E-state index in [4.69, 9.17) is 10.8 Å². The third kappa shape index (κ3) is 2.97. The van der Waals surface area contributed by atoms with Crippen LogP contribution >= 0.6 is 0 Å². The molecule has 0 saturated carbocycles. The quantitative estimate of drug-likeness (QED) is 0.419. The summed E-state index contributed by atoms with van der Waals surface area (Å²) >= 11 is 0. The molecule has 0 spiro atoms. The molecule has 0 bridgehead atoms. The van der Waals surface area contributed by atoms with Gasteiger partial charge in [-0.2, -0.15) is 5.10 Å². The van der Waals surface area contributed by atoms with E-state index in [-0.39, 0.29) is 11.9 Å². The summed E-state index contributed by atoms with van der Waals surface area (Å²) in [5.74, 6) is 0.200. The number of pyridine rings is 1. The van der Waals surface area contributed by atoms with Crippen molar-refractivity contribution in [1.82, 2.24) is 29.7 Å². The number of nitrogens with one attached hydrogen (secondary N) is 1. The Balaban J connectivity index is 1.53. The predicted molar refractivity (Wildman–Crippen MR) is 127 cm³/mol. The summed E-state index contributed by atoms with van der Waals surface area (Å²) < 4.78 is 1.86. The Kier molecular flexibility index (Phi) is 4.22. The molecule has 0 fully saturated rings. The first kappa shape index (κ1) is 19.2. The molecule has 6 rings (SSSR count). The molecule has 162 valence electrons. The summed E-state index contributed by atoms with van der Waals surface area (Å²) in [7, 11) is 0. The fraction of sp³-hybridized carbons (Fsp3) is 0.125. The van der Waals surface area contributed by atoms with Crippen molar-refractivity contribution in [2.75, 3.05) is 17.2 Å². The zero-order chi connectivity index (χ0) is 22.5. The van der Waals surface area contributed by atoms with Crippen LogP contribution in [-0.4, -0.2) is 42.2 Å². The maximum Gasteiger partial charge on any atom is 0.250 e. The lowest BCUT2D eigenvalue weighted by molar-refractivity contribution is -0.114. The minimum atomic E-state index is -0.153. The first-order chi connectivity index (χ1) is 16.1. The van der Waals surface area contributed by atoms with Crippen LogP contribution in [0.4, 0.5) is 11.5 Å². The summed E-state index contributed by atoms with van der Waals surface area (Å²) in [4.78, 5) is 30.7. The van der Waals surface area contributed by atoms with Gasteiger partial charge >= 0.3 is 0 Å². The van der Waals surface area contributed by atoms with Gasteiger partial charge in [0.2, 0.25) is 5.91 Å². The summed E-state index contributed by atoms with van der Waals surface area (Å²) in [5.41, 5.74) is 11.2. The fourth-order valence-corrected chi connectivity index (χ4v) is 4.58. The number of rotatable bonds is 3. The zero-order valence-electron chi connectivity index (χ0n) is 17.6. The first-order valence-electron chi connectivity index (χ1n) is 10.6. The van der Waals surface area contributed by atoms with Crippen molar-refractivity contribution in [3.05, 3.63) is 73.3 Å². The number of nitrogens with two attached hydrogens (primary N) is 1. The van der Waals surface area contributed by atoms with Crippen molar-refractivity contribution < 1.29 is 4.79 Å². The number of aromatic amines is 1. The average Bonchev–Trinajstić information content (AvgIpc) is 3.48. The third-order valence-electron chi connectivity index (χ3n) is 6.11. The molecule has 4 aromatic heterocycles. The van der Waals surface area contributed by atoms with E-state index in [0.29, 0.717) is 35.5 Å². The lowest BCUT2D eigenvalue weighted by Crippen LogP contribution is -2.40. The number of benzene rings is 1. The van der Waals surface area contributed by atoms with Crippen molar-refractivity contribution in [3.8, 4) is 11.3 Å². The van der Waals surface area contributed by atoms with Crippen LogP contribution in [0.2, 0.25) is 0 Å². The van der Waals surface area contributed by atoms with E-state index in [1.54, 1.807) is 11.1 Å². The van der Waals surface area contributed by atoms with Gasteiger partial charge in [0.1, 0.15) is 23.5 Å². The minimum absolute atomic E-state index is 0.140. The lowest BCUT2D eigenvalue weighted by Gasteiger charge is -2.34. The van der Waals surface area contributed by atoms with Gasteiger partial charge in [-0.25, -0.2) is 19.6 Å². The number of carbonyl (C=O) groups excluding carboxylic acids is 1. The Bertz CT molecular complexity index is 1550. The minimum Gasteiger partial charge on any atom is -0.383 e. The molecule has 33 heavy (non-hydrogen) atoms. The van der Waals surface area contributed by atoms with Crippen molar-refractivity contribution >= 4 is 39.5 Å². The number of nitrogen functional groups attached to an aromatic ring is 1. The Morgan fingerprint density at radius 2 is 2.09 bits per heavy atom.